The van der Waals surface area contributed by atoms with Gasteiger partial charge in [-0.05, 0) is 32.4 Å². The first-order valence-corrected chi connectivity index (χ1v) is 7.97. The Hall–Kier alpha value is -1.57. The molecule has 2 unspecified atom stereocenters. The van der Waals surface area contributed by atoms with Crippen LogP contribution in [0.2, 0.25) is 0 Å². The van der Waals surface area contributed by atoms with Crippen LogP contribution in [0.25, 0.3) is 0 Å². The molecule has 1 aromatic heterocycles. The highest BCUT2D eigenvalue weighted by Crippen LogP contribution is 2.34. The number of aromatic nitrogens is 2. The summed E-state index contributed by atoms with van der Waals surface area (Å²) in [5.41, 5.74) is -0.0676. The molecule has 0 amide bonds. The molecule has 1 aliphatic rings. The summed E-state index contributed by atoms with van der Waals surface area (Å²) in [5.74, 6) is 0.585. The molecular weight excluding hydrogens is 278 g/mol. The summed E-state index contributed by atoms with van der Waals surface area (Å²) < 4.78 is 0. The Balaban J connectivity index is 2.18. The van der Waals surface area contributed by atoms with E-state index < -0.39 is 4.92 Å². The van der Waals surface area contributed by atoms with E-state index in [9.17, 15) is 10.1 Å². The number of nitrogens with zero attached hydrogens (tertiary/aromatic N) is 3. The molecule has 2 N–H and O–H groups in total. The fourth-order valence-electron chi connectivity index (χ4n) is 2.43. The number of hydrogen-bond donors (Lipinski definition) is 2. The van der Waals surface area contributed by atoms with Crippen molar-refractivity contribution in [2.75, 3.05) is 23.4 Å². The number of hydrogen-bond acceptors (Lipinski definition) is 7. The van der Waals surface area contributed by atoms with Crippen molar-refractivity contribution in [3.63, 3.8) is 0 Å². The second-order valence-electron chi connectivity index (χ2n) is 4.72. The van der Waals surface area contributed by atoms with Crippen LogP contribution in [-0.4, -0.2) is 39.0 Å². The van der Waals surface area contributed by atoms with Crippen molar-refractivity contribution < 1.29 is 4.92 Å². The SMILES string of the molecule is CCNc1ncnc(NC2CCC(SC)C2)c1[N+](=O)[O-]. The summed E-state index contributed by atoms with van der Waals surface area (Å²) in [4.78, 5) is 18.8. The molecule has 1 heterocycles. The predicted molar refractivity (Wildman–Crippen MR) is 81.4 cm³/mol. The molecule has 0 radical (unpaired) electrons. The maximum absolute atomic E-state index is 11.3. The second-order valence-corrected chi connectivity index (χ2v) is 5.86. The van der Waals surface area contributed by atoms with E-state index in [0.29, 0.717) is 17.6 Å². The van der Waals surface area contributed by atoms with E-state index in [1.165, 1.54) is 6.33 Å². The molecule has 2 atom stereocenters. The van der Waals surface area contributed by atoms with E-state index in [1.807, 2.05) is 18.7 Å². The number of rotatable bonds is 6. The van der Waals surface area contributed by atoms with E-state index in [4.69, 9.17) is 0 Å². The van der Waals surface area contributed by atoms with Crippen LogP contribution in [0.1, 0.15) is 26.2 Å². The third kappa shape index (κ3) is 3.30. The molecule has 0 spiro atoms. The third-order valence-electron chi connectivity index (χ3n) is 3.41. The predicted octanol–water partition coefficient (Wildman–Crippen LogP) is 2.51. The van der Waals surface area contributed by atoms with Gasteiger partial charge in [0.1, 0.15) is 6.33 Å². The number of thioether (sulfide) groups is 1. The summed E-state index contributed by atoms with van der Waals surface area (Å²) in [6, 6.07) is 0.246. The van der Waals surface area contributed by atoms with Gasteiger partial charge in [0.05, 0.1) is 4.92 Å². The monoisotopic (exact) mass is 297 g/mol. The maximum atomic E-state index is 11.3. The van der Waals surface area contributed by atoms with E-state index in [2.05, 4.69) is 26.9 Å². The van der Waals surface area contributed by atoms with Crippen LogP contribution in [0, 0.1) is 10.1 Å². The Morgan fingerprint density at radius 3 is 2.80 bits per heavy atom. The van der Waals surface area contributed by atoms with Crippen molar-refractivity contribution in [3.8, 4) is 0 Å². The van der Waals surface area contributed by atoms with Gasteiger partial charge in [0.15, 0.2) is 0 Å². The smallest absolute Gasteiger partial charge is 0.353 e. The summed E-state index contributed by atoms with van der Waals surface area (Å²) in [6.45, 7) is 2.45. The molecular formula is C12H19N5O2S. The van der Waals surface area contributed by atoms with Crippen LogP contribution in [-0.2, 0) is 0 Å². The van der Waals surface area contributed by atoms with E-state index in [1.54, 1.807) is 0 Å². The first-order chi connectivity index (χ1) is 9.65. The quantitative estimate of drug-likeness (QED) is 0.615. The van der Waals surface area contributed by atoms with Crippen molar-refractivity contribution in [2.24, 2.45) is 0 Å². The number of anilines is 2. The molecule has 1 saturated carbocycles. The zero-order valence-electron chi connectivity index (χ0n) is 11.6. The van der Waals surface area contributed by atoms with Gasteiger partial charge < -0.3 is 10.6 Å². The van der Waals surface area contributed by atoms with Crippen LogP contribution >= 0.6 is 11.8 Å². The van der Waals surface area contributed by atoms with Gasteiger partial charge >= 0.3 is 5.69 Å². The van der Waals surface area contributed by atoms with Gasteiger partial charge in [0.2, 0.25) is 11.6 Å². The third-order valence-corrected chi connectivity index (χ3v) is 4.50. The highest BCUT2D eigenvalue weighted by Gasteiger charge is 2.28. The Labute approximate surface area is 122 Å². The Morgan fingerprint density at radius 2 is 2.20 bits per heavy atom. The average Bonchev–Trinajstić information content (AvgIpc) is 2.86. The van der Waals surface area contributed by atoms with Gasteiger partial charge in [-0.3, -0.25) is 10.1 Å². The van der Waals surface area contributed by atoms with Crippen LogP contribution < -0.4 is 10.6 Å². The number of nitrogens with one attached hydrogen (secondary N) is 2. The molecule has 20 heavy (non-hydrogen) atoms. The average molecular weight is 297 g/mol. The first-order valence-electron chi connectivity index (χ1n) is 6.68. The summed E-state index contributed by atoms with van der Waals surface area (Å²) in [7, 11) is 0. The van der Waals surface area contributed by atoms with Crippen LogP contribution in [0.4, 0.5) is 17.3 Å². The van der Waals surface area contributed by atoms with Crippen molar-refractivity contribution in [3.05, 3.63) is 16.4 Å². The van der Waals surface area contributed by atoms with Crippen LogP contribution in [0.15, 0.2) is 6.33 Å². The molecule has 7 nitrogen and oxygen atoms in total. The van der Waals surface area contributed by atoms with E-state index in [-0.39, 0.29) is 17.5 Å². The fraction of sp³-hybridized carbons (Fsp3) is 0.667. The summed E-state index contributed by atoms with van der Waals surface area (Å²) in [6.07, 6.45) is 6.62. The molecule has 0 aliphatic heterocycles. The lowest BCUT2D eigenvalue weighted by Gasteiger charge is -2.14. The normalized spacial score (nSPS) is 21.7. The molecule has 1 aromatic rings. The molecule has 2 rings (SSSR count). The minimum absolute atomic E-state index is 0.0676. The Morgan fingerprint density at radius 1 is 1.45 bits per heavy atom. The Bertz CT molecular complexity index is 485. The van der Waals surface area contributed by atoms with Crippen molar-refractivity contribution in [1.29, 1.82) is 0 Å². The van der Waals surface area contributed by atoms with E-state index >= 15 is 0 Å². The Kier molecular flexibility index (Phi) is 4.99. The molecule has 8 heteroatoms. The van der Waals surface area contributed by atoms with Gasteiger partial charge in [0.25, 0.3) is 0 Å². The molecule has 0 saturated heterocycles. The molecule has 0 aromatic carbocycles. The summed E-state index contributed by atoms with van der Waals surface area (Å²) in [5, 5.41) is 18.0. The molecule has 110 valence electrons. The highest BCUT2D eigenvalue weighted by molar-refractivity contribution is 7.99. The van der Waals surface area contributed by atoms with Gasteiger partial charge in [-0.25, -0.2) is 9.97 Å². The molecule has 1 aliphatic carbocycles. The highest BCUT2D eigenvalue weighted by atomic mass is 32.2. The van der Waals surface area contributed by atoms with Crippen molar-refractivity contribution in [1.82, 2.24) is 9.97 Å². The van der Waals surface area contributed by atoms with E-state index in [0.717, 1.165) is 19.3 Å². The van der Waals surface area contributed by atoms with Gasteiger partial charge in [-0.2, -0.15) is 11.8 Å². The second kappa shape index (κ2) is 6.74. The standard InChI is InChI=1S/C12H19N5O2S/c1-3-13-11-10(17(18)19)12(15-7-14-11)16-8-4-5-9(6-8)20-2/h7-9H,3-6H2,1-2H3,(H2,13,14,15,16). The molecule has 0 bridgehead atoms. The first kappa shape index (κ1) is 14.8. The van der Waals surface area contributed by atoms with Gasteiger partial charge in [-0.15, -0.1) is 0 Å². The lowest BCUT2D eigenvalue weighted by atomic mass is 10.2. The maximum Gasteiger partial charge on any atom is 0.353 e. The zero-order valence-corrected chi connectivity index (χ0v) is 12.4. The largest absolute Gasteiger partial charge is 0.364 e. The van der Waals surface area contributed by atoms with Crippen molar-refractivity contribution in [2.45, 2.75) is 37.5 Å². The fourth-order valence-corrected chi connectivity index (χ4v) is 3.23. The minimum atomic E-state index is -0.429. The number of nitro groups is 1. The zero-order chi connectivity index (χ0) is 14.5. The topological polar surface area (TPSA) is 93.0 Å². The van der Waals surface area contributed by atoms with Crippen LogP contribution in [0.3, 0.4) is 0 Å². The van der Waals surface area contributed by atoms with Crippen molar-refractivity contribution >= 4 is 29.1 Å². The van der Waals surface area contributed by atoms with Gasteiger partial charge in [-0.1, -0.05) is 0 Å². The lowest BCUT2D eigenvalue weighted by molar-refractivity contribution is -0.383. The van der Waals surface area contributed by atoms with Gasteiger partial charge in [0, 0.05) is 17.8 Å². The summed E-state index contributed by atoms with van der Waals surface area (Å²) >= 11 is 1.85. The minimum Gasteiger partial charge on any atom is -0.364 e. The molecule has 1 fully saturated rings. The van der Waals surface area contributed by atoms with Crippen LogP contribution in [0.5, 0.6) is 0 Å². The lowest BCUT2D eigenvalue weighted by Crippen LogP contribution is -2.19.